The first-order valence-corrected chi connectivity index (χ1v) is 21.9. The van der Waals surface area contributed by atoms with Gasteiger partial charge in [0.25, 0.3) is 11.7 Å². The number of ketones is 1. The van der Waals surface area contributed by atoms with Crippen molar-refractivity contribution in [2.45, 2.75) is 117 Å². The zero-order chi connectivity index (χ0) is 46.1. The van der Waals surface area contributed by atoms with Crippen LogP contribution in [0.5, 0.6) is 23.0 Å². The number of hydrogen-bond acceptors (Lipinski definition) is 15. The van der Waals surface area contributed by atoms with Crippen molar-refractivity contribution in [1.29, 1.82) is 0 Å². The highest BCUT2D eigenvalue weighted by molar-refractivity contribution is 6.23. The topological polar surface area (TPSA) is 220 Å². The van der Waals surface area contributed by atoms with Gasteiger partial charge in [-0.2, -0.15) is 5.10 Å². The van der Waals surface area contributed by atoms with Gasteiger partial charge in [0.1, 0.15) is 23.4 Å². The molecule has 4 aliphatic heterocycles. The number of phenolic OH excluding ortho intramolecular Hbond substituents is 3. The quantitative estimate of drug-likeness (QED) is 0.0926. The van der Waals surface area contributed by atoms with Crippen molar-refractivity contribution in [3.63, 3.8) is 0 Å². The number of aliphatic hydroxyl groups is 2. The summed E-state index contributed by atoms with van der Waals surface area (Å²) in [7, 11) is 1.44. The Morgan fingerprint density at radius 3 is 2.22 bits per heavy atom. The van der Waals surface area contributed by atoms with Crippen LogP contribution in [0.15, 0.2) is 41.2 Å². The third-order valence-electron chi connectivity index (χ3n) is 13.5. The lowest BCUT2D eigenvalue weighted by molar-refractivity contribution is -0.160. The van der Waals surface area contributed by atoms with E-state index in [0.717, 1.165) is 13.1 Å². The molecule has 16 heteroatoms. The number of nitrogens with zero attached hydrogens (tertiary/aromatic N) is 3. The minimum atomic E-state index is -2.04. The molecule has 1 amide bonds. The summed E-state index contributed by atoms with van der Waals surface area (Å²) < 4.78 is 23.7. The van der Waals surface area contributed by atoms with E-state index in [9.17, 15) is 39.9 Å². The maximum Gasteiger partial charge on any atom is 0.312 e. The second-order valence-corrected chi connectivity index (χ2v) is 17.8. The standard InChI is InChI=1S/C47H64N4O12/c1-24-13-12-14-25(2)46(59)49-37-32(23-48-51-20-18-50(19-21-51)31-15-10-11-16-31)41(56)34-35(42(37)57)40(55)29(6)44-36(34)45(58)47(8,63-44)61-22-17-33(60-9)26(3)43(62-30(7)52)28(5)39(54)27(4)38(24)53/h12-14,17,22-24,26-28,31,33,38-39,43,53-57H,10-11,15-16,18-21H2,1-9H3,(H,49,59)/b13-12+,22-17+,25-14-,48-23+/t24-,26+,27+,28+,33?,38-,39+,43+,47?/m0/s1. The Bertz CT molecular complexity index is 2190. The fourth-order valence-corrected chi connectivity index (χ4v) is 9.47. The van der Waals surface area contributed by atoms with Gasteiger partial charge in [-0.1, -0.05) is 58.8 Å². The molecule has 16 nitrogen and oxygen atoms in total. The van der Waals surface area contributed by atoms with Crippen molar-refractivity contribution in [3.05, 3.63) is 52.8 Å². The number of aromatic hydroxyl groups is 3. The molecule has 2 unspecified atom stereocenters. The van der Waals surface area contributed by atoms with Crippen molar-refractivity contribution >= 4 is 40.3 Å². The molecule has 2 aromatic rings. The van der Waals surface area contributed by atoms with Crippen molar-refractivity contribution in [2.75, 3.05) is 38.6 Å². The molecule has 0 aromatic heterocycles. The van der Waals surface area contributed by atoms with Crippen LogP contribution < -0.4 is 10.1 Å². The van der Waals surface area contributed by atoms with E-state index < -0.39 is 88.8 Å². The molecule has 5 aliphatic rings. The van der Waals surface area contributed by atoms with Crippen LogP contribution in [0.3, 0.4) is 0 Å². The highest BCUT2D eigenvalue weighted by atomic mass is 16.7. The molecule has 0 radical (unpaired) electrons. The average Bonchev–Trinajstić information content (AvgIpc) is 3.89. The number of esters is 1. The average molecular weight is 877 g/mol. The van der Waals surface area contributed by atoms with Gasteiger partial charge in [-0.25, -0.2) is 0 Å². The molecule has 4 heterocycles. The van der Waals surface area contributed by atoms with Crippen LogP contribution in [0.1, 0.15) is 95.6 Å². The van der Waals surface area contributed by atoms with Crippen molar-refractivity contribution in [3.8, 4) is 23.0 Å². The molecule has 0 spiro atoms. The van der Waals surface area contributed by atoms with E-state index in [1.807, 2.05) is 5.01 Å². The maximum atomic E-state index is 14.5. The molecule has 9 atom stereocenters. The number of allylic oxidation sites excluding steroid dienone is 2. The summed E-state index contributed by atoms with van der Waals surface area (Å²) in [5.74, 6) is -8.28. The van der Waals surface area contributed by atoms with E-state index in [0.29, 0.717) is 19.1 Å². The largest absolute Gasteiger partial charge is 0.507 e. The normalized spacial score (nSPS) is 32.4. The van der Waals surface area contributed by atoms with Crippen LogP contribution >= 0.6 is 0 Å². The third kappa shape index (κ3) is 9.40. The number of ether oxygens (including phenoxy) is 4. The van der Waals surface area contributed by atoms with Gasteiger partial charge >= 0.3 is 11.8 Å². The number of carbonyl (C=O) groups excluding carboxylic acids is 3. The summed E-state index contributed by atoms with van der Waals surface area (Å²) in [5, 5.41) is 67.6. The van der Waals surface area contributed by atoms with Gasteiger partial charge in [-0.05, 0) is 32.8 Å². The van der Waals surface area contributed by atoms with Crippen LogP contribution in [-0.4, -0.2) is 129 Å². The number of anilines is 1. The first kappa shape index (κ1) is 47.3. The van der Waals surface area contributed by atoms with Crippen LogP contribution in [0.4, 0.5) is 5.69 Å². The van der Waals surface area contributed by atoms with E-state index in [4.69, 9.17) is 18.9 Å². The van der Waals surface area contributed by atoms with Crippen molar-refractivity contribution in [1.82, 2.24) is 9.91 Å². The Hall–Kier alpha value is -5.16. The first-order valence-electron chi connectivity index (χ1n) is 21.9. The number of aliphatic hydroxyl groups excluding tert-OH is 2. The molecular formula is C47H64N4O12. The molecule has 344 valence electrons. The minimum Gasteiger partial charge on any atom is -0.507 e. The van der Waals surface area contributed by atoms with Crippen LogP contribution in [0.2, 0.25) is 0 Å². The number of benzene rings is 2. The summed E-state index contributed by atoms with van der Waals surface area (Å²) in [6.07, 6.45) is 9.75. The second-order valence-electron chi connectivity index (χ2n) is 17.8. The molecular weight excluding hydrogens is 813 g/mol. The molecule has 1 saturated carbocycles. The van der Waals surface area contributed by atoms with Gasteiger partial charge < -0.3 is 49.8 Å². The predicted octanol–water partition coefficient (Wildman–Crippen LogP) is 5.65. The fourth-order valence-electron chi connectivity index (χ4n) is 9.47. The lowest BCUT2D eigenvalue weighted by Crippen LogP contribution is -2.47. The SMILES string of the molecule is COC1/C=C/OC2(C)Oc3c(C)c(O)c4c(O)c(c(/C=N/N5CCN(C6CCCC6)CC5)c(O)c4c3C2=O)NC(=O)/C(C)=C\C=C\[C@H](C)[C@H](O)[C@@H](C)[C@@H](O)[C@@H](C)[C@H](OC(C)=O)[C@@H]1C. The molecule has 2 fully saturated rings. The number of amides is 1. The van der Waals surface area contributed by atoms with Gasteiger partial charge in [0.15, 0.2) is 5.75 Å². The molecule has 1 aliphatic carbocycles. The highest BCUT2D eigenvalue weighted by Gasteiger charge is 2.50. The summed E-state index contributed by atoms with van der Waals surface area (Å²) in [6, 6.07) is 0.553. The maximum absolute atomic E-state index is 14.5. The van der Waals surface area contributed by atoms with Crippen LogP contribution in [0, 0.1) is 30.6 Å². The lowest BCUT2D eigenvalue weighted by atomic mass is 9.78. The number of methoxy groups -OCH3 is 1. The van der Waals surface area contributed by atoms with E-state index in [1.54, 1.807) is 39.8 Å². The highest BCUT2D eigenvalue weighted by Crippen LogP contribution is 2.55. The predicted molar refractivity (Wildman–Crippen MR) is 237 cm³/mol. The zero-order valence-corrected chi connectivity index (χ0v) is 37.8. The smallest absolute Gasteiger partial charge is 0.312 e. The Kier molecular flexibility index (Phi) is 14.5. The number of fused-ring (bicyclic) bond motifs is 14. The van der Waals surface area contributed by atoms with Crippen LogP contribution in [0.25, 0.3) is 10.8 Å². The minimum absolute atomic E-state index is 0.0631. The van der Waals surface area contributed by atoms with E-state index in [-0.39, 0.29) is 44.5 Å². The Morgan fingerprint density at radius 1 is 0.921 bits per heavy atom. The molecule has 2 aromatic carbocycles. The Labute approximate surface area is 368 Å². The zero-order valence-electron chi connectivity index (χ0n) is 37.8. The first-order chi connectivity index (χ1) is 29.8. The van der Waals surface area contributed by atoms with E-state index >= 15 is 0 Å². The summed E-state index contributed by atoms with van der Waals surface area (Å²) in [6.45, 7) is 15.4. The molecule has 63 heavy (non-hydrogen) atoms. The number of rotatable bonds is 5. The number of phenols is 3. The van der Waals surface area contributed by atoms with Gasteiger partial charge in [0.2, 0.25) is 0 Å². The Balaban J connectivity index is 1.47. The second kappa shape index (κ2) is 19.3. The van der Waals surface area contributed by atoms with Crippen molar-refractivity contribution in [2.24, 2.45) is 28.8 Å². The summed E-state index contributed by atoms with van der Waals surface area (Å²) in [5.41, 5.74) is -0.293. The number of nitrogens with one attached hydrogen (secondary N) is 1. The number of hydrogen-bond donors (Lipinski definition) is 6. The molecule has 7 rings (SSSR count). The van der Waals surface area contributed by atoms with E-state index in [2.05, 4.69) is 15.3 Å². The molecule has 1 saturated heterocycles. The molecule has 6 N–H and O–H groups in total. The van der Waals surface area contributed by atoms with Gasteiger partial charge in [-0.15, -0.1) is 0 Å². The molecule has 5 bridgehead atoms. The van der Waals surface area contributed by atoms with Crippen LogP contribution in [-0.2, 0) is 23.8 Å². The van der Waals surface area contributed by atoms with E-state index in [1.165, 1.54) is 85.1 Å². The number of piperazine rings is 1. The Morgan fingerprint density at radius 2 is 1.59 bits per heavy atom. The lowest BCUT2D eigenvalue weighted by Gasteiger charge is -2.38. The van der Waals surface area contributed by atoms with Gasteiger partial charge in [0, 0.05) is 93.4 Å². The van der Waals surface area contributed by atoms with Gasteiger partial charge in [0.05, 0.1) is 53.0 Å². The number of carbonyl (C=O) groups is 3. The fraction of sp³-hybridized carbons (Fsp3) is 0.574. The number of Topliss-reactive ketones (excluding diaryl/α,β-unsaturated/α-hetero) is 1. The summed E-state index contributed by atoms with van der Waals surface area (Å²) >= 11 is 0. The number of hydrazone groups is 1. The van der Waals surface area contributed by atoms with Gasteiger partial charge in [-0.3, -0.25) is 24.3 Å². The summed E-state index contributed by atoms with van der Waals surface area (Å²) in [4.78, 5) is 43.2. The third-order valence-corrected chi connectivity index (χ3v) is 13.5. The van der Waals surface area contributed by atoms with Crippen molar-refractivity contribution < 1.29 is 58.9 Å². The monoisotopic (exact) mass is 876 g/mol.